The number of carbonyl (C=O) groups is 1. The van der Waals surface area contributed by atoms with Gasteiger partial charge in [0.05, 0.1) is 27.7 Å². The molecule has 0 amide bonds. The van der Waals surface area contributed by atoms with Crippen molar-refractivity contribution in [3.8, 4) is 0 Å². The smallest absolute Gasteiger partial charge is 0.326 e. The van der Waals surface area contributed by atoms with Gasteiger partial charge in [0.15, 0.2) is 5.16 Å². The SMILES string of the molecule is CCC(C)OC(=O)Cn1c(SCCCN(c2ccc(N3CCCCC3)cc2)S(=O)(=O)c2ccccc2)nc2ccccc21. The molecule has 0 aliphatic carbocycles. The summed E-state index contributed by atoms with van der Waals surface area (Å²) in [6, 6.07) is 24.2. The average Bonchev–Trinajstić information content (AvgIpc) is 3.38. The molecule has 0 spiro atoms. The minimum absolute atomic E-state index is 0.0745. The number of carbonyl (C=O) groups excluding carboxylic acids is 1. The van der Waals surface area contributed by atoms with Gasteiger partial charge in [-0.25, -0.2) is 13.4 Å². The molecule has 43 heavy (non-hydrogen) atoms. The lowest BCUT2D eigenvalue weighted by atomic mass is 10.1. The molecular weight excluding hydrogens is 581 g/mol. The number of esters is 1. The van der Waals surface area contributed by atoms with Gasteiger partial charge in [0.2, 0.25) is 0 Å². The van der Waals surface area contributed by atoms with E-state index in [1.807, 2.05) is 73.0 Å². The van der Waals surface area contributed by atoms with E-state index in [2.05, 4.69) is 4.90 Å². The number of aromatic nitrogens is 2. The van der Waals surface area contributed by atoms with Crippen molar-refractivity contribution in [2.45, 2.75) is 68.7 Å². The number of rotatable bonds is 13. The second-order valence-corrected chi connectivity index (χ2v) is 13.8. The first-order valence-corrected chi connectivity index (χ1v) is 17.5. The lowest BCUT2D eigenvalue weighted by molar-refractivity contribution is -0.149. The molecule has 1 fully saturated rings. The maximum absolute atomic E-state index is 13.8. The Balaban J connectivity index is 1.32. The van der Waals surface area contributed by atoms with Gasteiger partial charge in [-0.05, 0) is 87.6 Å². The van der Waals surface area contributed by atoms with E-state index in [1.165, 1.54) is 35.3 Å². The van der Waals surface area contributed by atoms with Gasteiger partial charge in [0, 0.05) is 31.1 Å². The molecule has 1 aliphatic rings. The number of hydrogen-bond donors (Lipinski definition) is 0. The van der Waals surface area contributed by atoms with Gasteiger partial charge in [0.25, 0.3) is 10.0 Å². The van der Waals surface area contributed by atoms with Crippen LogP contribution in [0, 0.1) is 0 Å². The number of sulfonamides is 1. The highest BCUT2D eigenvalue weighted by molar-refractivity contribution is 7.99. The Hall–Kier alpha value is -3.50. The summed E-state index contributed by atoms with van der Waals surface area (Å²) in [5.74, 6) is 0.323. The Morgan fingerprint density at radius 2 is 1.67 bits per heavy atom. The number of nitrogens with zero attached hydrogens (tertiary/aromatic N) is 4. The number of thioether (sulfide) groups is 1. The van der Waals surface area contributed by atoms with E-state index < -0.39 is 10.0 Å². The molecule has 228 valence electrons. The number of fused-ring (bicyclic) bond motifs is 1. The normalized spacial score (nSPS) is 14.5. The first kappa shape index (κ1) is 30.9. The van der Waals surface area contributed by atoms with E-state index in [-0.39, 0.29) is 23.5 Å². The fourth-order valence-electron chi connectivity index (χ4n) is 5.25. The average molecular weight is 621 g/mol. The maximum atomic E-state index is 13.8. The van der Waals surface area contributed by atoms with Crippen molar-refractivity contribution < 1.29 is 17.9 Å². The Kier molecular flexibility index (Phi) is 10.3. The minimum Gasteiger partial charge on any atom is -0.461 e. The van der Waals surface area contributed by atoms with E-state index in [0.717, 1.165) is 36.2 Å². The van der Waals surface area contributed by atoms with E-state index in [9.17, 15) is 13.2 Å². The summed E-state index contributed by atoms with van der Waals surface area (Å²) in [7, 11) is -3.77. The molecular formula is C33H40N4O4S2. The van der Waals surface area contributed by atoms with Crippen LogP contribution in [0.25, 0.3) is 11.0 Å². The van der Waals surface area contributed by atoms with Crippen LogP contribution >= 0.6 is 11.8 Å². The summed E-state index contributed by atoms with van der Waals surface area (Å²) in [6.07, 6.45) is 4.81. The molecule has 0 radical (unpaired) electrons. The van der Waals surface area contributed by atoms with E-state index in [1.54, 1.807) is 24.3 Å². The molecule has 1 aromatic heterocycles. The van der Waals surface area contributed by atoms with E-state index >= 15 is 0 Å². The first-order valence-electron chi connectivity index (χ1n) is 15.1. The van der Waals surface area contributed by atoms with Crippen LogP contribution in [0.5, 0.6) is 0 Å². The zero-order valence-corrected chi connectivity index (χ0v) is 26.5. The third-order valence-electron chi connectivity index (χ3n) is 7.74. The monoisotopic (exact) mass is 620 g/mol. The van der Waals surface area contributed by atoms with Crippen LogP contribution in [0.2, 0.25) is 0 Å². The van der Waals surface area contributed by atoms with Crippen molar-refractivity contribution >= 4 is 50.2 Å². The number of anilines is 2. The van der Waals surface area contributed by atoms with Gasteiger partial charge in [-0.1, -0.05) is 49.0 Å². The van der Waals surface area contributed by atoms with Crippen LogP contribution in [-0.4, -0.2) is 55.4 Å². The van der Waals surface area contributed by atoms with Crippen molar-refractivity contribution in [3.05, 3.63) is 78.9 Å². The van der Waals surface area contributed by atoms with Crippen LogP contribution in [0.4, 0.5) is 11.4 Å². The lowest BCUT2D eigenvalue weighted by Gasteiger charge is -2.30. The highest BCUT2D eigenvalue weighted by Gasteiger charge is 2.25. The first-order chi connectivity index (χ1) is 20.9. The number of ether oxygens (including phenoxy) is 1. The number of piperidine rings is 1. The van der Waals surface area contributed by atoms with Crippen molar-refractivity contribution in [2.75, 3.05) is 34.6 Å². The fraction of sp³-hybridized carbons (Fsp3) is 0.394. The predicted octanol–water partition coefficient (Wildman–Crippen LogP) is 6.75. The molecule has 0 bridgehead atoms. The Morgan fingerprint density at radius 3 is 2.40 bits per heavy atom. The number of benzene rings is 3. The highest BCUT2D eigenvalue weighted by atomic mass is 32.2. The molecule has 4 aromatic rings. The Morgan fingerprint density at radius 1 is 0.977 bits per heavy atom. The molecule has 5 rings (SSSR count). The standard InChI is InChI=1S/C33H40N4O4S2/c1-3-26(2)41-32(38)25-36-31-16-9-8-15-30(31)34-33(36)42-24-12-23-37(43(39,40)29-13-6-4-7-14-29)28-19-17-27(18-20-28)35-21-10-5-11-22-35/h4,6-9,13-20,26H,3,5,10-12,21-25H2,1-2H3. The number of hydrogen-bond acceptors (Lipinski definition) is 7. The second-order valence-electron chi connectivity index (χ2n) is 10.8. The van der Waals surface area contributed by atoms with Gasteiger partial charge >= 0.3 is 5.97 Å². The molecule has 2 heterocycles. The van der Waals surface area contributed by atoms with Gasteiger partial charge in [-0.15, -0.1) is 0 Å². The van der Waals surface area contributed by atoms with Crippen LogP contribution in [0.15, 0.2) is 88.9 Å². The summed E-state index contributed by atoms with van der Waals surface area (Å²) in [5, 5.41) is 0.714. The summed E-state index contributed by atoms with van der Waals surface area (Å²) in [4.78, 5) is 20.1. The summed E-state index contributed by atoms with van der Waals surface area (Å²) in [6.45, 7) is 6.31. The van der Waals surface area contributed by atoms with Gasteiger partial charge < -0.3 is 14.2 Å². The van der Waals surface area contributed by atoms with Gasteiger partial charge in [-0.2, -0.15) is 0 Å². The zero-order valence-electron chi connectivity index (χ0n) is 24.9. The number of para-hydroxylation sites is 2. The topological polar surface area (TPSA) is 84.7 Å². The molecule has 1 atom stereocenters. The predicted molar refractivity (Wildman–Crippen MR) is 174 cm³/mol. The van der Waals surface area contributed by atoms with Crippen LogP contribution in [0.3, 0.4) is 0 Å². The summed E-state index contributed by atoms with van der Waals surface area (Å²) in [5.41, 5.74) is 3.45. The van der Waals surface area contributed by atoms with E-state index in [0.29, 0.717) is 29.6 Å². The minimum atomic E-state index is -3.77. The molecule has 0 N–H and O–H groups in total. The largest absolute Gasteiger partial charge is 0.461 e. The third-order valence-corrected chi connectivity index (χ3v) is 10.6. The van der Waals surface area contributed by atoms with Gasteiger partial charge in [0.1, 0.15) is 6.54 Å². The second kappa shape index (κ2) is 14.3. The van der Waals surface area contributed by atoms with Crippen LogP contribution in [0.1, 0.15) is 46.0 Å². The molecule has 0 saturated carbocycles. The molecule has 8 nitrogen and oxygen atoms in total. The van der Waals surface area contributed by atoms with Crippen molar-refractivity contribution in [1.29, 1.82) is 0 Å². The van der Waals surface area contributed by atoms with Crippen molar-refractivity contribution in [1.82, 2.24) is 9.55 Å². The summed E-state index contributed by atoms with van der Waals surface area (Å²) < 4.78 is 36.6. The highest BCUT2D eigenvalue weighted by Crippen LogP contribution is 2.29. The molecule has 1 aliphatic heterocycles. The number of imidazole rings is 1. The molecule has 1 unspecified atom stereocenters. The van der Waals surface area contributed by atoms with Crippen molar-refractivity contribution in [3.63, 3.8) is 0 Å². The maximum Gasteiger partial charge on any atom is 0.326 e. The lowest BCUT2D eigenvalue weighted by Crippen LogP contribution is -2.32. The van der Waals surface area contributed by atoms with Crippen molar-refractivity contribution in [2.24, 2.45) is 0 Å². The Bertz CT molecular complexity index is 1600. The molecule has 1 saturated heterocycles. The van der Waals surface area contributed by atoms with E-state index in [4.69, 9.17) is 9.72 Å². The van der Waals surface area contributed by atoms with Crippen LogP contribution < -0.4 is 9.21 Å². The fourth-order valence-corrected chi connectivity index (χ4v) is 7.71. The van der Waals surface area contributed by atoms with Crippen LogP contribution in [-0.2, 0) is 26.1 Å². The summed E-state index contributed by atoms with van der Waals surface area (Å²) >= 11 is 1.52. The molecule has 3 aromatic carbocycles. The van der Waals surface area contributed by atoms with Gasteiger partial charge in [-0.3, -0.25) is 9.10 Å². The zero-order chi connectivity index (χ0) is 30.2. The Labute approximate surface area is 259 Å². The third kappa shape index (κ3) is 7.54. The molecule has 10 heteroatoms. The quantitative estimate of drug-likeness (QED) is 0.0929.